The fraction of sp³-hybridized carbons (Fsp3) is 0.432. The average molecular weight is 640 g/mol. The van der Waals surface area contributed by atoms with Gasteiger partial charge in [-0.25, -0.2) is 4.79 Å². The Morgan fingerprint density at radius 1 is 1.02 bits per heavy atom. The molecule has 7 heteroatoms. The van der Waals surface area contributed by atoms with Crippen LogP contribution in [0.1, 0.15) is 81.2 Å². The van der Waals surface area contributed by atoms with E-state index in [0.717, 1.165) is 54.1 Å². The van der Waals surface area contributed by atoms with Gasteiger partial charge in [0.2, 0.25) is 0 Å². The Balaban J connectivity index is 0.000000375. The van der Waals surface area contributed by atoms with Crippen molar-refractivity contribution in [3.05, 3.63) is 98.5 Å². The van der Waals surface area contributed by atoms with Gasteiger partial charge in [-0.15, -0.1) is 0 Å². The van der Waals surface area contributed by atoms with Crippen LogP contribution in [0, 0.1) is 12.8 Å². The van der Waals surface area contributed by atoms with E-state index < -0.39 is 11.7 Å². The molecule has 0 radical (unpaired) electrons. The molecule has 1 amide bonds. The molecule has 3 aromatic rings. The van der Waals surface area contributed by atoms with Crippen LogP contribution in [0.3, 0.4) is 0 Å². The third-order valence-electron chi connectivity index (χ3n) is 7.91. The molecule has 2 aliphatic rings. The molecule has 1 unspecified atom stereocenters. The van der Waals surface area contributed by atoms with Crippen LogP contribution >= 0.6 is 23.2 Å². The molecule has 1 aliphatic heterocycles. The summed E-state index contributed by atoms with van der Waals surface area (Å²) in [6, 6.07) is 20.4. The molecule has 1 aliphatic carbocycles. The zero-order valence-electron chi connectivity index (χ0n) is 26.6. The van der Waals surface area contributed by atoms with Crippen molar-refractivity contribution in [2.45, 2.75) is 72.3 Å². The predicted molar refractivity (Wildman–Crippen MR) is 184 cm³/mol. The molecule has 1 heterocycles. The number of nitrogens with one attached hydrogen (secondary N) is 1. The third-order valence-corrected chi connectivity index (χ3v) is 8.45. The molecule has 0 spiro atoms. The standard InChI is InChI=1S/C29H29Cl2NO2.C8H16FN/c1-18-8-10-19(11-9-18)27-23-15-13-22(32-28(33)34-29(2,3)4)16-20(23)6-5-7-25(27)24-14-12-21(30)17-26(24)31;1-8-3-6-10(7-8)5-2-4-9/h8-17H,5-7H2,1-4H3,(H,32,33);8H,2-7H2,1H3. The molecule has 1 saturated heterocycles. The Kier molecular flexibility index (Phi) is 11.9. The lowest BCUT2D eigenvalue weighted by atomic mass is 9.87. The van der Waals surface area contributed by atoms with Crippen LogP contribution in [0.25, 0.3) is 11.1 Å². The molecule has 3 aromatic carbocycles. The van der Waals surface area contributed by atoms with Crippen molar-refractivity contribution in [2.75, 3.05) is 31.6 Å². The van der Waals surface area contributed by atoms with Crippen molar-refractivity contribution >= 4 is 46.1 Å². The summed E-state index contributed by atoms with van der Waals surface area (Å²) < 4.78 is 17.1. The second-order valence-corrected chi connectivity index (χ2v) is 13.8. The molecule has 1 N–H and O–H groups in total. The first-order chi connectivity index (χ1) is 20.9. The maximum absolute atomic E-state index is 12.3. The Labute approximate surface area is 272 Å². The molecule has 0 saturated carbocycles. The third kappa shape index (κ3) is 9.57. The highest BCUT2D eigenvalue weighted by Crippen LogP contribution is 2.42. The quantitative estimate of drug-likeness (QED) is 0.292. The number of benzene rings is 3. The molecular weight excluding hydrogens is 594 g/mol. The smallest absolute Gasteiger partial charge is 0.412 e. The van der Waals surface area contributed by atoms with Crippen molar-refractivity contribution in [3.63, 3.8) is 0 Å². The van der Waals surface area contributed by atoms with Gasteiger partial charge >= 0.3 is 6.09 Å². The lowest BCUT2D eigenvalue weighted by Gasteiger charge is -2.20. The molecule has 1 fully saturated rings. The van der Waals surface area contributed by atoms with E-state index in [9.17, 15) is 9.18 Å². The van der Waals surface area contributed by atoms with Gasteiger partial charge in [-0.2, -0.15) is 0 Å². The summed E-state index contributed by atoms with van der Waals surface area (Å²) in [7, 11) is 0. The number of likely N-dealkylation sites (tertiary alicyclic amines) is 1. The van der Waals surface area contributed by atoms with E-state index in [-0.39, 0.29) is 6.67 Å². The number of aryl methyl sites for hydroxylation is 2. The van der Waals surface area contributed by atoms with Gasteiger partial charge in [0.1, 0.15) is 5.60 Å². The van der Waals surface area contributed by atoms with Crippen molar-refractivity contribution in [1.29, 1.82) is 0 Å². The molecular formula is C37H45Cl2FN2O2. The first-order valence-electron chi connectivity index (χ1n) is 15.6. The van der Waals surface area contributed by atoms with Crippen LogP contribution in [-0.4, -0.2) is 42.9 Å². The lowest BCUT2D eigenvalue weighted by molar-refractivity contribution is 0.0636. The van der Waals surface area contributed by atoms with Crippen molar-refractivity contribution in [2.24, 2.45) is 5.92 Å². The van der Waals surface area contributed by atoms with Crippen LogP contribution in [0.5, 0.6) is 0 Å². The first kappa shape index (κ1) is 34.0. The number of nitrogens with zero attached hydrogens (tertiary/aromatic N) is 1. The zero-order valence-corrected chi connectivity index (χ0v) is 28.1. The van der Waals surface area contributed by atoms with Crippen molar-refractivity contribution in [1.82, 2.24) is 4.90 Å². The number of halogens is 3. The molecule has 1 atom stereocenters. The van der Waals surface area contributed by atoms with Crippen LogP contribution in [-0.2, 0) is 11.2 Å². The predicted octanol–water partition coefficient (Wildman–Crippen LogP) is 10.6. The number of anilines is 1. The van der Waals surface area contributed by atoms with Crippen LogP contribution < -0.4 is 5.32 Å². The summed E-state index contributed by atoms with van der Waals surface area (Å²) in [6.45, 7) is 13.1. The van der Waals surface area contributed by atoms with Crippen LogP contribution in [0.4, 0.5) is 14.9 Å². The number of rotatable bonds is 6. The number of alkyl halides is 1. The minimum absolute atomic E-state index is 0.162. The maximum atomic E-state index is 12.3. The van der Waals surface area contributed by atoms with E-state index in [1.807, 2.05) is 39.0 Å². The summed E-state index contributed by atoms with van der Waals surface area (Å²) in [5.74, 6) is 0.833. The zero-order chi connectivity index (χ0) is 31.9. The number of hydrogen-bond acceptors (Lipinski definition) is 3. The van der Waals surface area contributed by atoms with E-state index in [2.05, 4.69) is 60.5 Å². The molecule has 236 valence electrons. The van der Waals surface area contributed by atoms with Crippen molar-refractivity contribution in [3.8, 4) is 0 Å². The van der Waals surface area contributed by atoms with Gasteiger partial charge in [-0.3, -0.25) is 9.71 Å². The van der Waals surface area contributed by atoms with E-state index in [1.54, 1.807) is 6.07 Å². The molecule has 0 aromatic heterocycles. The molecule has 0 bridgehead atoms. The molecule has 5 rings (SSSR count). The van der Waals surface area contributed by atoms with Crippen LogP contribution in [0.15, 0.2) is 60.7 Å². The largest absolute Gasteiger partial charge is 0.444 e. The summed E-state index contributed by atoms with van der Waals surface area (Å²) in [5.41, 5.74) is 8.24. The Morgan fingerprint density at radius 2 is 1.75 bits per heavy atom. The second kappa shape index (κ2) is 15.4. The minimum atomic E-state index is -0.552. The van der Waals surface area contributed by atoms with Gasteiger partial charge in [0.15, 0.2) is 0 Å². The lowest BCUT2D eigenvalue weighted by Crippen LogP contribution is -2.27. The number of fused-ring (bicyclic) bond motifs is 1. The molecule has 4 nitrogen and oxygen atoms in total. The first-order valence-corrected chi connectivity index (χ1v) is 16.4. The summed E-state index contributed by atoms with van der Waals surface area (Å²) >= 11 is 12.9. The van der Waals surface area contributed by atoms with Crippen molar-refractivity contribution < 1.29 is 13.9 Å². The monoisotopic (exact) mass is 638 g/mol. The van der Waals surface area contributed by atoms with E-state index in [0.29, 0.717) is 16.5 Å². The van der Waals surface area contributed by atoms with E-state index >= 15 is 0 Å². The molecule has 44 heavy (non-hydrogen) atoms. The summed E-state index contributed by atoms with van der Waals surface area (Å²) in [4.78, 5) is 14.7. The van der Waals surface area contributed by atoms with E-state index in [4.69, 9.17) is 27.9 Å². The van der Waals surface area contributed by atoms with E-state index in [1.165, 1.54) is 41.8 Å². The maximum Gasteiger partial charge on any atom is 0.412 e. The van der Waals surface area contributed by atoms with Gasteiger partial charge in [0.05, 0.1) is 6.67 Å². The van der Waals surface area contributed by atoms with Gasteiger partial charge < -0.3 is 9.64 Å². The van der Waals surface area contributed by atoms with Gasteiger partial charge in [-0.1, -0.05) is 72.1 Å². The SMILES string of the molecule is CC1CCN(CCCF)C1.Cc1ccc(C2=C(c3ccc(Cl)cc3Cl)CCCc3cc(NC(=O)OC(C)(C)C)ccc32)cc1. The topological polar surface area (TPSA) is 41.6 Å². The fourth-order valence-electron chi connectivity index (χ4n) is 5.85. The highest BCUT2D eigenvalue weighted by atomic mass is 35.5. The minimum Gasteiger partial charge on any atom is -0.444 e. The second-order valence-electron chi connectivity index (χ2n) is 12.9. The normalized spacial score (nSPS) is 17.0. The number of ether oxygens (including phenoxy) is 1. The Morgan fingerprint density at radius 3 is 2.39 bits per heavy atom. The number of allylic oxidation sites excluding steroid dienone is 1. The number of carbonyl (C=O) groups is 1. The van der Waals surface area contributed by atoms with Gasteiger partial charge in [-0.05, 0) is 130 Å². The average Bonchev–Trinajstić information content (AvgIpc) is 3.28. The van der Waals surface area contributed by atoms with Gasteiger partial charge in [0, 0.05) is 28.8 Å². The summed E-state index contributed by atoms with van der Waals surface area (Å²) in [5, 5.41) is 4.15. The number of carbonyl (C=O) groups excluding carboxylic acids is 1. The number of hydrogen-bond donors (Lipinski definition) is 1. The fourth-order valence-corrected chi connectivity index (χ4v) is 6.38. The Hall–Kier alpha value is -2.86. The highest BCUT2D eigenvalue weighted by molar-refractivity contribution is 6.36. The highest BCUT2D eigenvalue weighted by Gasteiger charge is 2.23. The summed E-state index contributed by atoms with van der Waals surface area (Å²) in [6.07, 6.45) is 4.30. The number of amides is 1. The van der Waals surface area contributed by atoms with Crippen LogP contribution in [0.2, 0.25) is 10.0 Å². The van der Waals surface area contributed by atoms with Gasteiger partial charge in [0.25, 0.3) is 0 Å². The Bertz CT molecular complexity index is 1460.